The number of rotatable bonds is 4. The summed E-state index contributed by atoms with van der Waals surface area (Å²) in [5.74, 6) is 0. The lowest BCUT2D eigenvalue weighted by molar-refractivity contribution is 1.16. The summed E-state index contributed by atoms with van der Waals surface area (Å²) in [6.07, 6.45) is 8.38. The highest BCUT2D eigenvalue weighted by Crippen LogP contribution is 2.38. The Hall–Kier alpha value is -2.78. The fourth-order valence-electron chi connectivity index (χ4n) is 2.77. The van der Waals surface area contributed by atoms with Crippen molar-refractivity contribution in [1.82, 2.24) is 9.97 Å². The van der Waals surface area contributed by atoms with Gasteiger partial charge in [0.1, 0.15) is 0 Å². The van der Waals surface area contributed by atoms with E-state index in [1.54, 1.807) is 0 Å². The maximum Gasteiger partial charge on any atom is 0.0384 e. The minimum atomic E-state index is 0.884. The fourth-order valence-corrected chi connectivity index (χ4v) is 3.94. The lowest BCUT2D eigenvalue weighted by Crippen LogP contribution is -1.89. The number of hydrogen-bond donors (Lipinski definition) is 0. The van der Waals surface area contributed by atoms with E-state index in [0.717, 1.165) is 12.0 Å². The molecule has 0 aliphatic heterocycles. The van der Waals surface area contributed by atoms with Crippen LogP contribution >= 0.6 is 11.3 Å². The van der Waals surface area contributed by atoms with Crippen LogP contribution in [0, 0.1) is 0 Å². The molecular formula is C21H16N2S. The van der Waals surface area contributed by atoms with Gasteiger partial charge in [0.15, 0.2) is 0 Å². The van der Waals surface area contributed by atoms with E-state index in [1.807, 2.05) is 48.3 Å². The quantitative estimate of drug-likeness (QED) is 0.497. The maximum atomic E-state index is 4.25. The van der Waals surface area contributed by atoms with E-state index >= 15 is 0 Å². The molecule has 4 rings (SSSR count). The van der Waals surface area contributed by atoms with Crippen LogP contribution in [0.4, 0.5) is 0 Å². The molecule has 4 aromatic rings. The molecule has 3 heterocycles. The minimum Gasteiger partial charge on any atom is -0.264 e. The molecule has 24 heavy (non-hydrogen) atoms. The first-order valence-corrected chi connectivity index (χ1v) is 8.69. The average molecular weight is 328 g/mol. The minimum absolute atomic E-state index is 0.884. The predicted molar refractivity (Wildman–Crippen MR) is 100 cm³/mol. The van der Waals surface area contributed by atoms with Gasteiger partial charge in [-0.05, 0) is 34.9 Å². The monoisotopic (exact) mass is 328 g/mol. The average Bonchev–Trinajstić information content (AvgIpc) is 3.08. The molecule has 0 spiro atoms. The molecule has 0 unspecified atom stereocenters. The van der Waals surface area contributed by atoms with Crippen molar-refractivity contribution in [2.75, 3.05) is 0 Å². The summed E-state index contributed by atoms with van der Waals surface area (Å²) in [7, 11) is 0. The Bertz CT molecular complexity index is 916. The molecule has 0 amide bonds. The second-order valence-corrected chi connectivity index (χ2v) is 6.66. The second kappa shape index (κ2) is 6.77. The molecule has 0 bridgehead atoms. The Balaban J connectivity index is 1.80. The van der Waals surface area contributed by atoms with Crippen molar-refractivity contribution in [3.63, 3.8) is 0 Å². The SMILES string of the molecule is c1ccc(-c2sc(-c3cccnc3)cc2Cc2cccnc2)cc1. The van der Waals surface area contributed by atoms with E-state index < -0.39 is 0 Å². The van der Waals surface area contributed by atoms with Crippen LogP contribution in [-0.2, 0) is 6.42 Å². The van der Waals surface area contributed by atoms with E-state index in [-0.39, 0.29) is 0 Å². The van der Waals surface area contributed by atoms with Gasteiger partial charge in [-0.3, -0.25) is 9.97 Å². The molecule has 1 aromatic carbocycles. The number of nitrogens with zero attached hydrogens (tertiary/aromatic N) is 2. The predicted octanol–water partition coefficient (Wildman–Crippen LogP) is 5.46. The van der Waals surface area contributed by atoms with Crippen LogP contribution in [0.3, 0.4) is 0 Å². The molecule has 2 nitrogen and oxygen atoms in total. The lowest BCUT2D eigenvalue weighted by atomic mass is 10.0. The molecule has 0 radical (unpaired) electrons. The van der Waals surface area contributed by atoms with Gasteiger partial charge in [0.05, 0.1) is 0 Å². The summed E-state index contributed by atoms with van der Waals surface area (Å²) in [6, 6.07) is 21.1. The van der Waals surface area contributed by atoms with Crippen LogP contribution in [0.15, 0.2) is 85.5 Å². The molecule has 0 aliphatic rings. The highest BCUT2D eigenvalue weighted by molar-refractivity contribution is 7.19. The van der Waals surface area contributed by atoms with Gasteiger partial charge >= 0.3 is 0 Å². The van der Waals surface area contributed by atoms with E-state index in [2.05, 4.69) is 58.5 Å². The molecule has 0 saturated carbocycles. The highest BCUT2D eigenvalue weighted by atomic mass is 32.1. The number of aromatic nitrogens is 2. The van der Waals surface area contributed by atoms with Crippen LogP contribution in [0.25, 0.3) is 20.9 Å². The van der Waals surface area contributed by atoms with Gasteiger partial charge in [0.25, 0.3) is 0 Å². The zero-order chi connectivity index (χ0) is 16.2. The van der Waals surface area contributed by atoms with Gasteiger partial charge in [-0.15, -0.1) is 11.3 Å². The van der Waals surface area contributed by atoms with Crippen molar-refractivity contribution >= 4 is 11.3 Å². The molecule has 0 atom stereocenters. The van der Waals surface area contributed by atoms with Crippen LogP contribution in [0.2, 0.25) is 0 Å². The van der Waals surface area contributed by atoms with Crippen LogP contribution < -0.4 is 0 Å². The van der Waals surface area contributed by atoms with Gasteiger partial charge in [0, 0.05) is 46.5 Å². The molecule has 3 heteroatoms. The molecule has 3 aromatic heterocycles. The van der Waals surface area contributed by atoms with Gasteiger partial charge in [-0.25, -0.2) is 0 Å². The summed E-state index contributed by atoms with van der Waals surface area (Å²) in [6.45, 7) is 0. The van der Waals surface area contributed by atoms with Crippen molar-refractivity contribution in [2.24, 2.45) is 0 Å². The third kappa shape index (κ3) is 3.12. The van der Waals surface area contributed by atoms with Crippen molar-refractivity contribution < 1.29 is 0 Å². The number of pyridine rings is 2. The summed E-state index contributed by atoms with van der Waals surface area (Å²) in [4.78, 5) is 11.1. The number of benzene rings is 1. The first-order valence-electron chi connectivity index (χ1n) is 7.87. The number of hydrogen-bond acceptors (Lipinski definition) is 3. The standard InChI is InChI=1S/C21H16N2S/c1-2-7-17(8-3-1)21-19(12-16-6-4-10-22-14-16)13-20(24-21)18-9-5-11-23-15-18/h1-11,13-15H,12H2. The highest BCUT2D eigenvalue weighted by Gasteiger charge is 2.13. The van der Waals surface area contributed by atoms with Gasteiger partial charge in [0.2, 0.25) is 0 Å². The molecular weight excluding hydrogens is 312 g/mol. The second-order valence-electron chi connectivity index (χ2n) is 5.61. The van der Waals surface area contributed by atoms with Crippen LogP contribution in [0.1, 0.15) is 11.1 Å². The third-order valence-electron chi connectivity index (χ3n) is 3.91. The summed E-state index contributed by atoms with van der Waals surface area (Å²) < 4.78 is 0. The van der Waals surface area contributed by atoms with Crippen molar-refractivity contribution in [1.29, 1.82) is 0 Å². The van der Waals surface area contributed by atoms with Crippen molar-refractivity contribution in [3.8, 4) is 20.9 Å². The Labute approximate surface area is 145 Å². The van der Waals surface area contributed by atoms with E-state index in [9.17, 15) is 0 Å². The summed E-state index contributed by atoms with van der Waals surface area (Å²) >= 11 is 1.82. The Morgan fingerprint density at radius 3 is 2.21 bits per heavy atom. The zero-order valence-electron chi connectivity index (χ0n) is 13.1. The lowest BCUT2D eigenvalue weighted by Gasteiger charge is -2.04. The summed E-state index contributed by atoms with van der Waals surface area (Å²) in [5, 5.41) is 0. The first-order chi connectivity index (χ1) is 11.9. The topological polar surface area (TPSA) is 25.8 Å². The largest absolute Gasteiger partial charge is 0.264 e. The molecule has 0 saturated heterocycles. The first kappa shape index (κ1) is 14.8. The van der Waals surface area contributed by atoms with Crippen molar-refractivity contribution in [3.05, 3.63) is 96.6 Å². The Morgan fingerprint density at radius 2 is 1.50 bits per heavy atom. The number of thiophene rings is 1. The molecule has 116 valence electrons. The third-order valence-corrected chi connectivity index (χ3v) is 5.18. The Kier molecular flexibility index (Phi) is 4.17. The zero-order valence-corrected chi connectivity index (χ0v) is 13.9. The normalized spacial score (nSPS) is 10.7. The van der Waals surface area contributed by atoms with E-state index in [0.29, 0.717) is 0 Å². The smallest absolute Gasteiger partial charge is 0.0384 e. The van der Waals surface area contributed by atoms with Gasteiger partial charge in [-0.2, -0.15) is 0 Å². The summed E-state index contributed by atoms with van der Waals surface area (Å²) in [5.41, 5.74) is 4.98. The fraction of sp³-hybridized carbons (Fsp3) is 0.0476. The molecule has 0 aliphatic carbocycles. The molecule has 0 N–H and O–H groups in total. The van der Waals surface area contributed by atoms with E-state index in [4.69, 9.17) is 0 Å². The van der Waals surface area contributed by atoms with Gasteiger partial charge < -0.3 is 0 Å². The van der Waals surface area contributed by atoms with Gasteiger partial charge in [-0.1, -0.05) is 42.5 Å². The maximum absolute atomic E-state index is 4.25. The van der Waals surface area contributed by atoms with E-state index in [1.165, 1.54) is 26.4 Å². The Morgan fingerprint density at radius 1 is 0.750 bits per heavy atom. The molecule has 0 fully saturated rings. The van der Waals surface area contributed by atoms with Crippen LogP contribution in [0.5, 0.6) is 0 Å². The van der Waals surface area contributed by atoms with Crippen LogP contribution in [-0.4, -0.2) is 9.97 Å². The van der Waals surface area contributed by atoms with Crippen molar-refractivity contribution in [2.45, 2.75) is 6.42 Å².